The maximum atomic E-state index is 12.7. The Kier molecular flexibility index (Phi) is 8.22. The van der Waals surface area contributed by atoms with Gasteiger partial charge in [0.05, 0.1) is 25.5 Å². The molecule has 0 spiro atoms. The number of hydrogen-bond acceptors (Lipinski definition) is 5. The highest BCUT2D eigenvalue weighted by atomic mass is 16.5. The van der Waals surface area contributed by atoms with Gasteiger partial charge in [-0.2, -0.15) is 0 Å². The van der Waals surface area contributed by atoms with Gasteiger partial charge in [-0.3, -0.25) is 4.79 Å². The van der Waals surface area contributed by atoms with Crippen LogP contribution in [0, 0.1) is 12.8 Å². The molecule has 2 aliphatic rings. The van der Waals surface area contributed by atoms with E-state index >= 15 is 0 Å². The minimum atomic E-state index is 0.354. The molecule has 1 aliphatic heterocycles. The van der Waals surface area contributed by atoms with Gasteiger partial charge in [-0.25, -0.2) is 9.97 Å². The highest BCUT2D eigenvalue weighted by molar-refractivity contribution is 5.76. The van der Waals surface area contributed by atoms with Gasteiger partial charge in [0.1, 0.15) is 5.82 Å². The second-order valence-electron chi connectivity index (χ2n) is 8.24. The molecule has 3 rings (SSSR count). The number of carbonyl (C=O) groups is 1. The Morgan fingerprint density at radius 2 is 1.89 bits per heavy atom. The van der Waals surface area contributed by atoms with E-state index in [1.165, 1.54) is 32.1 Å². The molecule has 1 amide bonds. The summed E-state index contributed by atoms with van der Waals surface area (Å²) in [4.78, 5) is 23.9. The summed E-state index contributed by atoms with van der Waals surface area (Å²) in [6, 6.07) is 0. The first-order chi connectivity index (χ1) is 13.7. The lowest BCUT2D eigenvalue weighted by molar-refractivity contribution is -0.133. The van der Waals surface area contributed by atoms with Gasteiger partial charge in [0.2, 0.25) is 5.91 Å². The second-order valence-corrected chi connectivity index (χ2v) is 8.24. The van der Waals surface area contributed by atoms with Crippen molar-refractivity contribution in [3.05, 3.63) is 23.3 Å². The Morgan fingerprint density at radius 3 is 2.61 bits per heavy atom. The Bertz CT molecular complexity index is 623. The molecule has 0 radical (unpaired) electrons. The molecule has 6 nitrogen and oxygen atoms in total. The molecule has 156 valence electrons. The predicted molar refractivity (Wildman–Crippen MR) is 108 cm³/mol. The van der Waals surface area contributed by atoms with E-state index in [9.17, 15) is 4.79 Å². The molecule has 0 atom stereocenters. The molecule has 0 N–H and O–H groups in total. The normalized spacial score (nSPS) is 19.1. The largest absolute Gasteiger partial charge is 0.382 e. The maximum absolute atomic E-state index is 12.7. The molecule has 0 unspecified atom stereocenters. The van der Waals surface area contributed by atoms with Crippen LogP contribution in [-0.4, -0.2) is 54.2 Å². The topological polar surface area (TPSA) is 64.6 Å². The quantitative estimate of drug-likeness (QED) is 0.635. The molecule has 1 saturated carbocycles. The molecule has 6 heteroatoms. The van der Waals surface area contributed by atoms with Crippen molar-refractivity contribution in [3.63, 3.8) is 0 Å². The molecule has 0 bridgehead atoms. The number of nitrogens with zero attached hydrogens (tertiary/aromatic N) is 3. The number of amides is 1. The molecule has 1 aliphatic carbocycles. The van der Waals surface area contributed by atoms with Crippen LogP contribution in [0.25, 0.3) is 0 Å². The standard InChI is InChI=1S/C22H35N3O3/c1-17-23-15-20(16-28-13-12-27-2)22(24-17)19-8-10-25(11-9-19)21(26)14-18-6-4-3-5-7-18/h15,18-19H,3-14,16H2,1-2H3. The Morgan fingerprint density at radius 1 is 1.14 bits per heavy atom. The van der Waals surface area contributed by atoms with Gasteiger partial charge < -0.3 is 14.4 Å². The van der Waals surface area contributed by atoms with Crippen LogP contribution in [0.3, 0.4) is 0 Å². The minimum Gasteiger partial charge on any atom is -0.382 e. The lowest BCUT2D eigenvalue weighted by Gasteiger charge is -2.34. The van der Waals surface area contributed by atoms with Crippen LogP contribution < -0.4 is 0 Å². The highest BCUT2D eigenvalue weighted by Crippen LogP contribution is 2.31. The van der Waals surface area contributed by atoms with E-state index < -0.39 is 0 Å². The fourth-order valence-corrected chi connectivity index (χ4v) is 4.47. The van der Waals surface area contributed by atoms with Crippen molar-refractivity contribution in [3.8, 4) is 0 Å². The lowest BCUT2D eigenvalue weighted by atomic mass is 9.86. The van der Waals surface area contributed by atoms with E-state index in [4.69, 9.17) is 14.5 Å². The highest BCUT2D eigenvalue weighted by Gasteiger charge is 2.28. The summed E-state index contributed by atoms with van der Waals surface area (Å²) in [6.45, 7) is 5.27. The summed E-state index contributed by atoms with van der Waals surface area (Å²) in [5.74, 6) is 2.14. The monoisotopic (exact) mass is 389 g/mol. The maximum Gasteiger partial charge on any atom is 0.222 e. The first kappa shape index (κ1) is 21.2. The fourth-order valence-electron chi connectivity index (χ4n) is 4.47. The molecule has 0 aromatic carbocycles. The Balaban J connectivity index is 1.53. The van der Waals surface area contributed by atoms with Crippen LogP contribution in [0.15, 0.2) is 6.20 Å². The van der Waals surface area contributed by atoms with Crippen molar-refractivity contribution in [2.24, 2.45) is 5.92 Å². The van der Waals surface area contributed by atoms with Gasteiger partial charge in [-0.15, -0.1) is 0 Å². The number of likely N-dealkylation sites (tertiary alicyclic amines) is 1. The van der Waals surface area contributed by atoms with Crippen molar-refractivity contribution in [1.29, 1.82) is 0 Å². The Labute approximate surface area is 169 Å². The molecule has 1 aromatic heterocycles. The number of rotatable bonds is 8. The van der Waals surface area contributed by atoms with Crippen LogP contribution in [0.2, 0.25) is 0 Å². The number of methoxy groups -OCH3 is 1. The van der Waals surface area contributed by atoms with Gasteiger partial charge in [-0.05, 0) is 38.5 Å². The van der Waals surface area contributed by atoms with E-state index in [1.54, 1.807) is 7.11 Å². The van der Waals surface area contributed by atoms with E-state index in [1.807, 2.05) is 13.1 Å². The van der Waals surface area contributed by atoms with Crippen molar-refractivity contribution in [2.45, 2.75) is 70.8 Å². The van der Waals surface area contributed by atoms with Crippen LogP contribution in [0.1, 0.15) is 74.4 Å². The molecule has 2 heterocycles. The smallest absolute Gasteiger partial charge is 0.222 e. The van der Waals surface area contributed by atoms with Crippen LogP contribution in [-0.2, 0) is 20.9 Å². The Hall–Kier alpha value is -1.53. The van der Waals surface area contributed by atoms with Gasteiger partial charge in [0, 0.05) is 44.3 Å². The zero-order chi connectivity index (χ0) is 19.8. The zero-order valence-electron chi connectivity index (χ0n) is 17.5. The number of hydrogen-bond donors (Lipinski definition) is 0. The van der Waals surface area contributed by atoms with Crippen LogP contribution in [0.5, 0.6) is 0 Å². The van der Waals surface area contributed by atoms with E-state index in [-0.39, 0.29) is 0 Å². The third-order valence-electron chi connectivity index (χ3n) is 6.13. The number of piperidine rings is 1. The van der Waals surface area contributed by atoms with Crippen LogP contribution >= 0.6 is 0 Å². The average Bonchev–Trinajstić information content (AvgIpc) is 2.73. The van der Waals surface area contributed by atoms with Gasteiger partial charge in [-0.1, -0.05) is 19.3 Å². The van der Waals surface area contributed by atoms with E-state index in [2.05, 4.69) is 9.88 Å². The number of aromatic nitrogens is 2. The summed E-state index contributed by atoms with van der Waals surface area (Å²) >= 11 is 0. The predicted octanol–water partition coefficient (Wildman–Crippen LogP) is 3.62. The summed E-state index contributed by atoms with van der Waals surface area (Å²) in [6.07, 6.45) is 11.0. The fraction of sp³-hybridized carbons (Fsp3) is 0.773. The van der Waals surface area contributed by atoms with Gasteiger partial charge in [0.25, 0.3) is 0 Å². The van der Waals surface area contributed by atoms with Crippen molar-refractivity contribution >= 4 is 5.91 Å². The van der Waals surface area contributed by atoms with E-state index in [0.29, 0.717) is 37.6 Å². The minimum absolute atomic E-state index is 0.354. The molecular weight excluding hydrogens is 354 g/mol. The van der Waals surface area contributed by atoms with Crippen molar-refractivity contribution < 1.29 is 14.3 Å². The van der Waals surface area contributed by atoms with Gasteiger partial charge in [0.15, 0.2) is 0 Å². The molecule has 28 heavy (non-hydrogen) atoms. The van der Waals surface area contributed by atoms with E-state index in [0.717, 1.165) is 49.4 Å². The summed E-state index contributed by atoms with van der Waals surface area (Å²) in [5, 5.41) is 0. The molecule has 1 aromatic rings. The lowest BCUT2D eigenvalue weighted by Crippen LogP contribution is -2.39. The third-order valence-corrected chi connectivity index (χ3v) is 6.13. The first-order valence-corrected chi connectivity index (χ1v) is 10.8. The third kappa shape index (κ3) is 5.98. The summed E-state index contributed by atoms with van der Waals surface area (Å²) in [5.41, 5.74) is 2.16. The first-order valence-electron chi connectivity index (χ1n) is 10.8. The average molecular weight is 390 g/mol. The van der Waals surface area contributed by atoms with Gasteiger partial charge >= 0.3 is 0 Å². The summed E-state index contributed by atoms with van der Waals surface area (Å²) < 4.78 is 10.7. The molecular formula is C22H35N3O3. The number of carbonyl (C=O) groups excluding carboxylic acids is 1. The molecule has 2 fully saturated rings. The second kappa shape index (κ2) is 10.9. The van der Waals surface area contributed by atoms with Crippen LogP contribution in [0.4, 0.5) is 0 Å². The van der Waals surface area contributed by atoms with Crippen molar-refractivity contribution in [2.75, 3.05) is 33.4 Å². The van der Waals surface area contributed by atoms with Crippen molar-refractivity contribution in [1.82, 2.24) is 14.9 Å². The number of aryl methyl sites for hydroxylation is 1. The molecule has 1 saturated heterocycles. The zero-order valence-corrected chi connectivity index (χ0v) is 17.5. The number of ether oxygens (including phenoxy) is 2. The SMILES string of the molecule is COCCOCc1cnc(C)nc1C1CCN(C(=O)CC2CCCCC2)CC1. The summed E-state index contributed by atoms with van der Waals surface area (Å²) in [7, 11) is 1.67.